The van der Waals surface area contributed by atoms with Crippen LogP contribution in [0.4, 0.5) is 0 Å². The largest absolute Gasteiger partial charge is 0.316 e. The molecule has 0 heterocycles. The Morgan fingerprint density at radius 2 is 1.75 bits per heavy atom. The second-order valence-corrected chi connectivity index (χ2v) is 8.35. The summed E-state index contributed by atoms with van der Waals surface area (Å²) in [5, 5.41) is 3.39. The minimum atomic E-state index is -0.873. The maximum atomic E-state index is 12.2. The molecule has 0 spiro atoms. The summed E-state index contributed by atoms with van der Waals surface area (Å²) in [6.07, 6.45) is 0.959. The lowest BCUT2D eigenvalue weighted by Crippen LogP contribution is -2.21. The Labute approximate surface area is 126 Å². The predicted octanol–water partition coefficient (Wildman–Crippen LogP) is 3.73. The monoisotopic (exact) mass is 295 g/mol. The van der Waals surface area contributed by atoms with E-state index in [4.69, 9.17) is 0 Å². The van der Waals surface area contributed by atoms with Crippen LogP contribution < -0.4 is 5.32 Å². The summed E-state index contributed by atoms with van der Waals surface area (Å²) in [5.41, 5.74) is 1.44. The summed E-state index contributed by atoms with van der Waals surface area (Å²) in [7, 11) is -0.873. The van der Waals surface area contributed by atoms with E-state index in [-0.39, 0.29) is 5.41 Å². The van der Waals surface area contributed by atoms with Crippen LogP contribution in [0, 0.1) is 5.92 Å². The third kappa shape index (κ3) is 6.19. The molecule has 0 saturated heterocycles. The second-order valence-electron chi connectivity index (χ2n) is 6.78. The Balaban J connectivity index is 2.40. The lowest BCUT2D eigenvalue weighted by Gasteiger charge is -2.19. The summed E-state index contributed by atoms with van der Waals surface area (Å²) in [6.45, 7) is 13.0. The van der Waals surface area contributed by atoms with Crippen LogP contribution in [0.2, 0.25) is 0 Å². The number of rotatable bonds is 7. The van der Waals surface area contributed by atoms with Crippen molar-refractivity contribution in [3.05, 3.63) is 29.8 Å². The van der Waals surface area contributed by atoms with Gasteiger partial charge in [-0.25, -0.2) is 0 Å². The van der Waals surface area contributed by atoms with Gasteiger partial charge in [0.25, 0.3) is 0 Å². The van der Waals surface area contributed by atoms with Crippen LogP contribution in [0.25, 0.3) is 0 Å². The molecule has 0 aliphatic heterocycles. The Kier molecular flexibility index (Phi) is 6.90. The molecule has 114 valence electrons. The molecule has 1 aromatic rings. The van der Waals surface area contributed by atoms with E-state index in [1.807, 2.05) is 12.1 Å². The first kappa shape index (κ1) is 17.4. The van der Waals surface area contributed by atoms with Gasteiger partial charge in [0.2, 0.25) is 0 Å². The molecule has 0 aliphatic rings. The van der Waals surface area contributed by atoms with Gasteiger partial charge < -0.3 is 5.32 Å². The Morgan fingerprint density at radius 1 is 1.15 bits per heavy atom. The van der Waals surface area contributed by atoms with Crippen LogP contribution in [0.3, 0.4) is 0 Å². The SMILES string of the molecule is CC(C)CNCCCS(=O)c1ccc(C(C)(C)C)cc1. The van der Waals surface area contributed by atoms with Gasteiger partial charge in [0.1, 0.15) is 0 Å². The molecule has 3 heteroatoms. The molecule has 0 saturated carbocycles. The average molecular weight is 295 g/mol. The first-order valence-corrected chi connectivity index (χ1v) is 8.82. The fraction of sp³-hybridized carbons (Fsp3) is 0.647. The van der Waals surface area contributed by atoms with E-state index in [0.717, 1.165) is 30.2 Å². The zero-order valence-electron chi connectivity index (χ0n) is 13.5. The van der Waals surface area contributed by atoms with Crippen molar-refractivity contribution in [2.24, 2.45) is 5.92 Å². The molecule has 0 bridgehead atoms. The van der Waals surface area contributed by atoms with Crippen molar-refractivity contribution >= 4 is 10.8 Å². The van der Waals surface area contributed by atoms with Crippen molar-refractivity contribution < 1.29 is 4.21 Å². The highest BCUT2D eigenvalue weighted by Crippen LogP contribution is 2.23. The zero-order valence-corrected chi connectivity index (χ0v) is 14.3. The minimum absolute atomic E-state index is 0.154. The smallest absolute Gasteiger partial charge is 0.0529 e. The van der Waals surface area contributed by atoms with E-state index in [1.165, 1.54) is 5.56 Å². The van der Waals surface area contributed by atoms with E-state index >= 15 is 0 Å². The van der Waals surface area contributed by atoms with Crippen LogP contribution in [0.15, 0.2) is 29.2 Å². The molecule has 1 rings (SSSR count). The Morgan fingerprint density at radius 3 is 2.25 bits per heavy atom. The standard InChI is InChI=1S/C17H29NOS/c1-14(2)13-18-11-6-12-20(19)16-9-7-15(8-10-16)17(3,4)5/h7-10,14,18H,6,11-13H2,1-5H3. The van der Waals surface area contributed by atoms with Gasteiger partial charge in [-0.3, -0.25) is 4.21 Å². The fourth-order valence-corrected chi connectivity index (χ4v) is 3.03. The van der Waals surface area contributed by atoms with Crippen LogP contribution >= 0.6 is 0 Å². The molecule has 1 unspecified atom stereocenters. The van der Waals surface area contributed by atoms with Crippen LogP contribution in [-0.4, -0.2) is 23.1 Å². The van der Waals surface area contributed by atoms with Crippen molar-refractivity contribution in [2.75, 3.05) is 18.8 Å². The topological polar surface area (TPSA) is 29.1 Å². The summed E-state index contributed by atoms with van der Waals surface area (Å²) in [5.74, 6) is 1.41. The summed E-state index contributed by atoms with van der Waals surface area (Å²) < 4.78 is 12.2. The quantitative estimate of drug-likeness (QED) is 0.777. The predicted molar refractivity (Wildman–Crippen MR) is 88.7 cm³/mol. The molecule has 1 N–H and O–H groups in total. The number of nitrogens with one attached hydrogen (secondary N) is 1. The van der Waals surface area contributed by atoms with Gasteiger partial charge in [-0.15, -0.1) is 0 Å². The van der Waals surface area contributed by atoms with E-state index in [2.05, 4.69) is 52.1 Å². The fourth-order valence-electron chi connectivity index (χ4n) is 1.94. The maximum Gasteiger partial charge on any atom is 0.0529 e. The summed E-state index contributed by atoms with van der Waals surface area (Å²) in [4.78, 5) is 0.946. The number of hydrogen-bond donors (Lipinski definition) is 1. The summed E-state index contributed by atoms with van der Waals surface area (Å²) in [6, 6.07) is 8.23. The normalized spacial score (nSPS) is 13.7. The lowest BCUT2D eigenvalue weighted by atomic mass is 9.87. The second kappa shape index (κ2) is 7.94. The van der Waals surface area contributed by atoms with Crippen molar-refractivity contribution in [1.29, 1.82) is 0 Å². The van der Waals surface area contributed by atoms with Gasteiger partial charge in [-0.05, 0) is 48.5 Å². The van der Waals surface area contributed by atoms with Crippen LogP contribution in [0.5, 0.6) is 0 Å². The van der Waals surface area contributed by atoms with E-state index < -0.39 is 10.8 Å². The Hall–Kier alpha value is -0.670. The maximum absolute atomic E-state index is 12.2. The third-order valence-corrected chi connectivity index (χ3v) is 4.68. The van der Waals surface area contributed by atoms with Crippen molar-refractivity contribution in [2.45, 2.75) is 51.3 Å². The Bertz CT molecular complexity index is 418. The van der Waals surface area contributed by atoms with Gasteiger partial charge in [0.15, 0.2) is 0 Å². The van der Waals surface area contributed by atoms with E-state index in [9.17, 15) is 4.21 Å². The highest BCUT2D eigenvalue weighted by Gasteiger charge is 2.13. The molecular weight excluding hydrogens is 266 g/mol. The van der Waals surface area contributed by atoms with Gasteiger partial charge in [-0.2, -0.15) is 0 Å². The van der Waals surface area contributed by atoms with E-state index in [0.29, 0.717) is 5.92 Å². The molecule has 0 aromatic heterocycles. The molecule has 0 radical (unpaired) electrons. The molecule has 2 nitrogen and oxygen atoms in total. The van der Waals surface area contributed by atoms with Crippen LogP contribution in [0.1, 0.15) is 46.6 Å². The van der Waals surface area contributed by atoms with Gasteiger partial charge >= 0.3 is 0 Å². The molecule has 0 fully saturated rings. The van der Waals surface area contributed by atoms with Crippen molar-refractivity contribution in [3.63, 3.8) is 0 Å². The zero-order chi connectivity index (χ0) is 15.2. The van der Waals surface area contributed by atoms with Crippen molar-refractivity contribution in [3.8, 4) is 0 Å². The molecule has 1 atom stereocenters. The molecule has 20 heavy (non-hydrogen) atoms. The highest BCUT2D eigenvalue weighted by atomic mass is 32.2. The molecular formula is C17H29NOS. The molecule has 0 aliphatic carbocycles. The van der Waals surface area contributed by atoms with Gasteiger partial charge in [-0.1, -0.05) is 46.8 Å². The number of benzene rings is 1. The first-order chi connectivity index (χ1) is 9.30. The molecule has 1 aromatic carbocycles. The van der Waals surface area contributed by atoms with Gasteiger partial charge in [0.05, 0.1) is 10.8 Å². The van der Waals surface area contributed by atoms with Gasteiger partial charge in [0, 0.05) is 10.6 Å². The van der Waals surface area contributed by atoms with E-state index in [1.54, 1.807) is 0 Å². The minimum Gasteiger partial charge on any atom is -0.316 e. The third-order valence-electron chi connectivity index (χ3n) is 3.22. The summed E-state index contributed by atoms with van der Waals surface area (Å²) >= 11 is 0. The lowest BCUT2D eigenvalue weighted by molar-refractivity contribution is 0.550. The van der Waals surface area contributed by atoms with Crippen LogP contribution in [-0.2, 0) is 16.2 Å². The number of hydrogen-bond acceptors (Lipinski definition) is 2. The molecule has 0 amide bonds. The average Bonchev–Trinajstić information content (AvgIpc) is 2.37. The van der Waals surface area contributed by atoms with Crippen molar-refractivity contribution in [1.82, 2.24) is 5.32 Å². The first-order valence-electron chi connectivity index (χ1n) is 7.50. The highest BCUT2D eigenvalue weighted by molar-refractivity contribution is 7.85.